The van der Waals surface area contributed by atoms with Crippen molar-refractivity contribution in [3.63, 3.8) is 0 Å². The molecular weight excluding hydrogens is 214 g/mol. The first-order valence-electron chi connectivity index (χ1n) is 6.80. The van der Waals surface area contributed by atoms with Crippen LogP contribution in [0.25, 0.3) is 0 Å². The average molecular weight is 241 g/mol. The Morgan fingerprint density at radius 3 is 1.94 bits per heavy atom. The molecular formula is C13H27N3O. The fraction of sp³-hybridized carbons (Fsp3) is 0.846. The topological polar surface area (TPSA) is 79.0 Å². The van der Waals surface area contributed by atoms with E-state index in [1.54, 1.807) is 0 Å². The van der Waals surface area contributed by atoms with E-state index in [1.165, 1.54) is 44.9 Å². The quantitative estimate of drug-likeness (QED) is 0.312. The first kappa shape index (κ1) is 15.9. The second kappa shape index (κ2) is 11.4. The van der Waals surface area contributed by atoms with Gasteiger partial charge in [0.2, 0.25) is 5.91 Å². The van der Waals surface area contributed by atoms with Gasteiger partial charge < -0.3 is 5.73 Å². The van der Waals surface area contributed by atoms with Gasteiger partial charge in [-0.05, 0) is 6.42 Å². The van der Waals surface area contributed by atoms with Crippen molar-refractivity contribution in [2.24, 2.45) is 5.73 Å². The predicted octanol–water partition coefficient (Wildman–Crippen LogP) is 2.92. The molecule has 0 aliphatic rings. The molecule has 100 valence electrons. The Morgan fingerprint density at radius 2 is 1.47 bits per heavy atom. The van der Waals surface area contributed by atoms with Crippen LogP contribution in [0.4, 0.5) is 0 Å². The maximum absolute atomic E-state index is 11.1. The zero-order valence-electron chi connectivity index (χ0n) is 11.1. The molecule has 0 aliphatic carbocycles. The number of hydrogen-bond acceptors (Lipinski definition) is 2. The molecule has 0 unspecified atom stereocenters. The molecule has 0 atom stereocenters. The van der Waals surface area contributed by atoms with Crippen LogP contribution in [0.2, 0.25) is 0 Å². The molecule has 17 heavy (non-hydrogen) atoms. The van der Waals surface area contributed by atoms with E-state index in [1.807, 2.05) is 0 Å². The highest BCUT2D eigenvalue weighted by Gasteiger charge is 2.01. The van der Waals surface area contributed by atoms with Crippen LogP contribution in [0.15, 0.2) is 0 Å². The van der Waals surface area contributed by atoms with Crippen molar-refractivity contribution in [2.75, 3.05) is 0 Å². The molecule has 0 saturated heterocycles. The number of carbonyl (C=O) groups excluding carboxylic acids is 1. The SMILES string of the molecule is CCCCCCCCCCCC(=O)NC(=N)N. The molecule has 0 fully saturated rings. The lowest BCUT2D eigenvalue weighted by Crippen LogP contribution is -2.35. The Labute approximate surface area is 105 Å². The lowest BCUT2D eigenvalue weighted by Gasteiger charge is -2.03. The molecule has 4 N–H and O–H groups in total. The Hall–Kier alpha value is -1.06. The molecule has 4 heteroatoms. The van der Waals surface area contributed by atoms with Crippen LogP contribution in [0.3, 0.4) is 0 Å². The molecule has 0 spiro atoms. The van der Waals surface area contributed by atoms with Gasteiger partial charge in [-0.25, -0.2) is 0 Å². The molecule has 0 rings (SSSR count). The summed E-state index contributed by atoms with van der Waals surface area (Å²) in [5.41, 5.74) is 5.05. The van der Waals surface area contributed by atoms with Crippen LogP contribution in [0.1, 0.15) is 71.1 Å². The third kappa shape index (κ3) is 12.9. The molecule has 0 bridgehead atoms. The van der Waals surface area contributed by atoms with Gasteiger partial charge >= 0.3 is 0 Å². The second-order valence-corrected chi connectivity index (χ2v) is 4.54. The summed E-state index contributed by atoms with van der Waals surface area (Å²) >= 11 is 0. The van der Waals surface area contributed by atoms with E-state index in [4.69, 9.17) is 11.1 Å². The van der Waals surface area contributed by atoms with Crippen LogP contribution in [-0.4, -0.2) is 11.9 Å². The average Bonchev–Trinajstić information content (AvgIpc) is 2.26. The van der Waals surface area contributed by atoms with Gasteiger partial charge in [0.25, 0.3) is 0 Å². The van der Waals surface area contributed by atoms with Crippen molar-refractivity contribution in [3.8, 4) is 0 Å². The number of guanidine groups is 1. The summed E-state index contributed by atoms with van der Waals surface area (Å²) in [4.78, 5) is 11.1. The molecule has 0 heterocycles. The maximum atomic E-state index is 11.1. The lowest BCUT2D eigenvalue weighted by molar-refractivity contribution is -0.119. The van der Waals surface area contributed by atoms with Crippen LogP contribution in [-0.2, 0) is 4.79 Å². The number of carbonyl (C=O) groups is 1. The molecule has 0 aliphatic heterocycles. The molecule has 0 saturated carbocycles. The summed E-state index contributed by atoms with van der Waals surface area (Å²) < 4.78 is 0. The Morgan fingerprint density at radius 1 is 1.00 bits per heavy atom. The van der Waals surface area contributed by atoms with Gasteiger partial charge in [0.15, 0.2) is 5.96 Å². The number of hydrogen-bond donors (Lipinski definition) is 3. The Bertz CT molecular complexity index is 217. The van der Waals surface area contributed by atoms with Crippen LogP contribution >= 0.6 is 0 Å². The fourth-order valence-electron chi connectivity index (χ4n) is 1.81. The Balaban J connectivity index is 3.13. The van der Waals surface area contributed by atoms with Gasteiger partial charge in [-0.3, -0.25) is 15.5 Å². The van der Waals surface area contributed by atoms with E-state index in [2.05, 4.69) is 12.2 Å². The van der Waals surface area contributed by atoms with E-state index in [-0.39, 0.29) is 11.9 Å². The van der Waals surface area contributed by atoms with Crippen molar-refractivity contribution in [2.45, 2.75) is 71.1 Å². The molecule has 0 aromatic rings. The van der Waals surface area contributed by atoms with Crippen LogP contribution in [0.5, 0.6) is 0 Å². The fourth-order valence-corrected chi connectivity index (χ4v) is 1.81. The largest absolute Gasteiger partial charge is 0.370 e. The smallest absolute Gasteiger partial charge is 0.226 e. The van der Waals surface area contributed by atoms with Crippen molar-refractivity contribution < 1.29 is 4.79 Å². The van der Waals surface area contributed by atoms with Crippen LogP contribution < -0.4 is 11.1 Å². The molecule has 0 aromatic carbocycles. The summed E-state index contributed by atoms with van der Waals surface area (Å²) in [6, 6.07) is 0. The molecule has 1 amide bonds. The van der Waals surface area contributed by atoms with Gasteiger partial charge in [-0.15, -0.1) is 0 Å². The number of amides is 1. The number of rotatable bonds is 10. The third-order valence-electron chi connectivity index (χ3n) is 2.78. The van der Waals surface area contributed by atoms with Gasteiger partial charge in [0.05, 0.1) is 0 Å². The number of nitrogens with two attached hydrogens (primary N) is 1. The van der Waals surface area contributed by atoms with E-state index in [0.29, 0.717) is 6.42 Å². The summed E-state index contributed by atoms with van der Waals surface area (Å²) in [6.45, 7) is 2.23. The highest BCUT2D eigenvalue weighted by Crippen LogP contribution is 2.10. The standard InChI is InChI=1S/C13H27N3O/c1-2-3-4-5-6-7-8-9-10-11-12(17)16-13(14)15/h2-11H2,1H3,(H4,14,15,16,17). The molecule has 0 aromatic heterocycles. The molecule has 4 nitrogen and oxygen atoms in total. The van der Waals surface area contributed by atoms with E-state index < -0.39 is 0 Å². The van der Waals surface area contributed by atoms with E-state index in [0.717, 1.165) is 12.8 Å². The third-order valence-corrected chi connectivity index (χ3v) is 2.78. The number of unbranched alkanes of at least 4 members (excludes halogenated alkanes) is 8. The van der Waals surface area contributed by atoms with Gasteiger partial charge in [0.1, 0.15) is 0 Å². The van der Waals surface area contributed by atoms with Crippen LogP contribution in [0, 0.1) is 5.41 Å². The summed E-state index contributed by atoms with van der Waals surface area (Å²) in [7, 11) is 0. The monoisotopic (exact) mass is 241 g/mol. The normalized spacial score (nSPS) is 10.2. The van der Waals surface area contributed by atoms with Crippen molar-refractivity contribution in [1.29, 1.82) is 5.41 Å². The zero-order valence-corrected chi connectivity index (χ0v) is 11.1. The zero-order chi connectivity index (χ0) is 12.9. The molecule has 0 radical (unpaired) electrons. The van der Waals surface area contributed by atoms with E-state index in [9.17, 15) is 4.79 Å². The summed E-state index contributed by atoms with van der Waals surface area (Å²) in [5.74, 6) is -0.397. The Kier molecular flexibility index (Phi) is 10.7. The van der Waals surface area contributed by atoms with Crippen molar-refractivity contribution in [1.82, 2.24) is 5.32 Å². The van der Waals surface area contributed by atoms with Crippen molar-refractivity contribution in [3.05, 3.63) is 0 Å². The highest BCUT2D eigenvalue weighted by atomic mass is 16.1. The van der Waals surface area contributed by atoms with Gasteiger partial charge in [0, 0.05) is 6.42 Å². The minimum Gasteiger partial charge on any atom is -0.370 e. The maximum Gasteiger partial charge on any atom is 0.226 e. The predicted molar refractivity (Wildman–Crippen MR) is 71.9 cm³/mol. The minimum atomic E-state index is -0.258. The highest BCUT2D eigenvalue weighted by molar-refractivity contribution is 5.94. The van der Waals surface area contributed by atoms with E-state index >= 15 is 0 Å². The number of nitrogens with one attached hydrogen (secondary N) is 2. The first-order valence-corrected chi connectivity index (χ1v) is 6.80. The van der Waals surface area contributed by atoms with Gasteiger partial charge in [-0.1, -0.05) is 58.3 Å². The lowest BCUT2D eigenvalue weighted by atomic mass is 10.1. The van der Waals surface area contributed by atoms with Gasteiger partial charge in [-0.2, -0.15) is 0 Å². The van der Waals surface area contributed by atoms with Crippen molar-refractivity contribution >= 4 is 11.9 Å². The summed E-state index contributed by atoms with van der Waals surface area (Å²) in [5, 5.41) is 9.19. The second-order valence-electron chi connectivity index (χ2n) is 4.54. The first-order chi connectivity index (χ1) is 8.16. The minimum absolute atomic E-state index is 0.138. The summed E-state index contributed by atoms with van der Waals surface area (Å²) in [6.07, 6.45) is 11.6.